The van der Waals surface area contributed by atoms with E-state index in [0.29, 0.717) is 36.8 Å². The van der Waals surface area contributed by atoms with Crippen LogP contribution in [0.4, 0.5) is 0 Å². The van der Waals surface area contributed by atoms with E-state index in [4.69, 9.17) is 18.9 Å². The van der Waals surface area contributed by atoms with E-state index in [1.165, 1.54) is 14.2 Å². The van der Waals surface area contributed by atoms with Crippen LogP contribution in [-0.4, -0.2) is 39.9 Å². The molecule has 1 amide bonds. The Hall–Kier alpha value is -2.89. The molecule has 27 heavy (non-hydrogen) atoms. The highest BCUT2D eigenvalue weighted by molar-refractivity contribution is 5.99. The van der Waals surface area contributed by atoms with Crippen LogP contribution in [0.2, 0.25) is 0 Å². The summed E-state index contributed by atoms with van der Waals surface area (Å²) in [5, 5.41) is 2.96. The number of ether oxygens (including phenoxy) is 4. The quantitative estimate of drug-likeness (QED) is 0.808. The van der Waals surface area contributed by atoms with Gasteiger partial charge in [0, 0.05) is 6.54 Å². The van der Waals surface area contributed by atoms with Crippen molar-refractivity contribution in [3.05, 3.63) is 47.5 Å². The maximum absolute atomic E-state index is 12.6. The lowest BCUT2D eigenvalue weighted by atomic mass is 9.97. The van der Waals surface area contributed by atoms with E-state index in [9.17, 15) is 4.79 Å². The van der Waals surface area contributed by atoms with Crippen molar-refractivity contribution < 1.29 is 23.7 Å². The fraction of sp³-hybridized carbons (Fsp3) is 0.381. The first-order valence-corrected chi connectivity index (χ1v) is 9.02. The molecule has 1 N–H and O–H groups in total. The summed E-state index contributed by atoms with van der Waals surface area (Å²) in [7, 11) is 3.07. The van der Waals surface area contributed by atoms with Gasteiger partial charge in [0.2, 0.25) is 0 Å². The topological polar surface area (TPSA) is 66.0 Å². The first kappa shape index (κ1) is 18.9. The fourth-order valence-electron chi connectivity index (χ4n) is 3.10. The van der Waals surface area contributed by atoms with Gasteiger partial charge in [0.25, 0.3) is 5.91 Å². The lowest BCUT2D eigenvalue weighted by molar-refractivity contribution is 0.0946. The normalized spacial score (nSPS) is 13.6. The van der Waals surface area contributed by atoms with Crippen LogP contribution in [0, 0.1) is 0 Å². The highest BCUT2D eigenvalue weighted by atomic mass is 16.6. The number of hydrogen-bond donors (Lipinski definition) is 1. The van der Waals surface area contributed by atoms with E-state index in [-0.39, 0.29) is 11.8 Å². The number of hydrogen-bond acceptors (Lipinski definition) is 5. The molecule has 6 heteroatoms. The van der Waals surface area contributed by atoms with Crippen molar-refractivity contribution in [1.29, 1.82) is 0 Å². The summed E-state index contributed by atoms with van der Waals surface area (Å²) in [6, 6.07) is 11.3. The highest BCUT2D eigenvalue weighted by Gasteiger charge is 2.19. The first-order valence-electron chi connectivity index (χ1n) is 9.02. The molecule has 2 aromatic carbocycles. The molecule has 1 aliphatic heterocycles. The van der Waals surface area contributed by atoms with E-state index in [1.54, 1.807) is 18.2 Å². The molecule has 0 bridgehead atoms. The second-order valence-corrected chi connectivity index (χ2v) is 6.39. The number of nitrogens with one attached hydrogen (secondary N) is 1. The molecule has 1 aliphatic rings. The average molecular weight is 371 g/mol. The summed E-state index contributed by atoms with van der Waals surface area (Å²) in [5.41, 5.74) is 1.57. The number of carbonyl (C=O) groups is 1. The molecule has 0 saturated carbocycles. The largest absolute Gasteiger partial charge is 0.496 e. The SMILES string of the molecule is COc1cccc(OC)c1C(=O)NCCC(C)c1ccc2c(c1)OCCO2. The predicted octanol–water partition coefficient (Wildman–Crippen LogP) is 3.40. The van der Waals surface area contributed by atoms with Crippen LogP contribution in [0.1, 0.15) is 35.2 Å². The van der Waals surface area contributed by atoms with Gasteiger partial charge in [-0.05, 0) is 42.2 Å². The molecular weight excluding hydrogens is 346 g/mol. The smallest absolute Gasteiger partial charge is 0.258 e. The van der Waals surface area contributed by atoms with Crippen LogP contribution < -0.4 is 24.3 Å². The van der Waals surface area contributed by atoms with Gasteiger partial charge in [0.05, 0.1) is 14.2 Å². The number of methoxy groups -OCH3 is 2. The van der Waals surface area contributed by atoms with E-state index >= 15 is 0 Å². The summed E-state index contributed by atoms with van der Waals surface area (Å²) in [5.74, 6) is 2.61. The van der Waals surface area contributed by atoms with Gasteiger partial charge in [0.15, 0.2) is 11.5 Å². The van der Waals surface area contributed by atoms with Crippen LogP contribution in [0.3, 0.4) is 0 Å². The molecule has 6 nitrogen and oxygen atoms in total. The summed E-state index contributed by atoms with van der Waals surface area (Å²) in [4.78, 5) is 12.6. The monoisotopic (exact) mass is 371 g/mol. The Morgan fingerprint density at radius 2 is 1.74 bits per heavy atom. The van der Waals surface area contributed by atoms with Gasteiger partial charge in [-0.3, -0.25) is 4.79 Å². The van der Waals surface area contributed by atoms with Gasteiger partial charge in [-0.1, -0.05) is 19.1 Å². The Morgan fingerprint density at radius 3 is 2.41 bits per heavy atom. The minimum atomic E-state index is -0.210. The van der Waals surface area contributed by atoms with Crippen molar-refractivity contribution in [2.24, 2.45) is 0 Å². The molecule has 0 saturated heterocycles. The molecule has 2 aromatic rings. The molecule has 1 unspecified atom stereocenters. The first-order chi connectivity index (χ1) is 13.1. The van der Waals surface area contributed by atoms with Crippen molar-refractivity contribution in [3.63, 3.8) is 0 Å². The number of fused-ring (bicyclic) bond motifs is 1. The minimum Gasteiger partial charge on any atom is -0.496 e. The van der Waals surface area contributed by atoms with E-state index in [1.807, 2.05) is 18.2 Å². The van der Waals surface area contributed by atoms with Crippen molar-refractivity contribution in [3.8, 4) is 23.0 Å². The highest BCUT2D eigenvalue weighted by Crippen LogP contribution is 2.34. The minimum absolute atomic E-state index is 0.210. The van der Waals surface area contributed by atoms with E-state index in [0.717, 1.165) is 23.5 Å². The number of carbonyl (C=O) groups excluding carboxylic acids is 1. The Kier molecular flexibility index (Phi) is 6.06. The molecule has 0 aliphatic carbocycles. The van der Waals surface area contributed by atoms with Gasteiger partial charge in [-0.25, -0.2) is 0 Å². The third kappa shape index (κ3) is 4.27. The van der Waals surface area contributed by atoms with Crippen molar-refractivity contribution in [2.45, 2.75) is 19.3 Å². The summed E-state index contributed by atoms with van der Waals surface area (Å²) >= 11 is 0. The molecule has 0 aromatic heterocycles. The van der Waals surface area contributed by atoms with Crippen molar-refractivity contribution in [1.82, 2.24) is 5.32 Å². The summed E-state index contributed by atoms with van der Waals surface area (Å²) in [6.45, 7) is 3.82. The lowest BCUT2D eigenvalue weighted by Crippen LogP contribution is -2.26. The predicted molar refractivity (Wildman–Crippen MR) is 102 cm³/mol. The second-order valence-electron chi connectivity index (χ2n) is 6.39. The Bertz CT molecular complexity index is 783. The van der Waals surface area contributed by atoms with Gasteiger partial charge in [-0.15, -0.1) is 0 Å². The van der Waals surface area contributed by atoms with Crippen molar-refractivity contribution >= 4 is 5.91 Å². The number of rotatable bonds is 7. The number of amides is 1. The Morgan fingerprint density at radius 1 is 1.07 bits per heavy atom. The molecule has 0 radical (unpaired) electrons. The Balaban J connectivity index is 1.60. The second kappa shape index (κ2) is 8.66. The zero-order valence-electron chi connectivity index (χ0n) is 15.9. The molecule has 3 rings (SSSR count). The zero-order valence-corrected chi connectivity index (χ0v) is 15.9. The van der Waals surface area contributed by atoms with Gasteiger partial charge >= 0.3 is 0 Å². The van der Waals surface area contributed by atoms with E-state index < -0.39 is 0 Å². The van der Waals surface area contributed by atoms with Crippen LogP contribution in [0.5, 0.6) is 23.0 Å². The number of benzene rings is 2. The maximum atomic E-state index is 12.6. The van der Waals surface area contributed by atoms with Gasteiger partial charge in [0.1, 0.15) is 30.3 Å². The van der Waals surface area contributed by atoms with Crippen LogP contribution in [0.15, 0.2) is 36.4 Å². The summed E-state index contributed by atoms with van der Waals surface area (Å²) in [6.07, 6.45) is 0.794. The fourth-order valence-corrected chi connectivity index (χ4v) is 3.10. The molecule has 0 spiro atoms. The van der Waals surface area contributed by atoms with Crippen molar-refractivity contribution in [2.75, 3.05) is 34.0 Å². The average Bonchev–Trinajstić information content (AvgIpc) is 2.72. The lowest BCUT2D eigenvalue weighted by Gasteiger charge is -2.20. The summed E-state index contributed by atoms with van der Waals surface area (Å²) < 4.78 is 21.8. The van der Waals surface area contributed by atoms with Crippen LogP contribution in [-0.2, 0) is 0 Å². The third-order valence-electron chi connectivity index (χ3n) is 4.65. The van der Waals surface area contributed by atoms with Gasteiger partial charge < -0.3 is 24.3 Å². The zero-order chi connectivity index (χ0) is 19.2. The molecule has 0 fully saturated rings. The molecule has 1 atom stereocenters. The molecule has 1 heterocycles. The van der Waals surface area contributed by atoms with Crippen LogP contribution in [0.25, 0.3) is 0 Å². The maximum Gasteiger partial charge on any atom is 0.258 e. The van der Waals surface area contributed by atoms with E-state index in [2.05, 4.69) is 12.2 Å². The van der Waals surface area contributed by atoms with Crippen LogP contribution >= 0.6 is 0 Å². The molecule has 144 valence electrons. The standard InChI is InChI=1S/C21H25NO5/c1-14(15-7-8-16-19(13-15)27-12-11-26-16)9-10-22-21(23)20-17(24-2)5-4-6-18(20)25-3/h4-8,13-14H,9-12H2,1-3H3,(H,22,23). The van der Waals surface area contributed by atoms with Gasteiger partial charge in [-0.2, -0.15) is 0 Å². The Labute approximate surface area is 159 Å². The third-order valence-corrected chi connectivity index (χ3v) is 4.65. The molecular formula is C21H25NO5.